The summed E-state index contributed by atoms with van der Waals surface area (Å²) in [6.07, 6.45) is 1.53. The number of hydrogen-bond acceptors (Lipinski definition) is 3. The molecule has 7 heteroatoms. The molecule has 2 N–H and O–H groups in total. The van der Waals surface area contributed by atoms with Crippen molar-refractivity contribution in [1.82, 2.24) is 9.88 Å². The highest BCUT2D eigenvalue weighted by atomic mass is 35.5. The number of carboxylic acids is 1. The van der Waals surface area contributed by atoms with Gasteiger partial charge in [0.15, 0.2) is 0 Å². The molecular formula is C16H17ClN2O4. The van der Waals surface area contributed by atoms with Gasteiger partial charge in [0.25, 0.3) is 0 Å². The third kappa shape index (κ3) is 3.65. The van der Waals surface area contributed by atoms with Crippen LogP contribution in [0.5, 0.6) is 0 Å². The number of carbonyl (C=O) groups excluding carboxylic acids is 1. The summed E-state index contributed by atoms with van der Waals surface area (Å²) in [5.41, 5.74) is 1.82. The summed E-state index contributed by atoms with van der Waals surface area (Å²) in [5, 5.41) is 10.4. The monoisotopic (exact) mass is 336 g/mol. The van der Waals surface area contributed by atoms with E-state index in [1.165, 1.54) is 0 Å². The lowest BCUT2D eigenvalue weighted by molar-refractivity contribution is -0.147. The minimum absolute atomic E-state index is 0.0374. The number of ether oxygens (including phenoxy) is 1. The minimum atomic E-state index is -0.921. The number of morpholine rings is 1. The number of benzene rings is 1. The van der Waals surface area contributed by atoms with Crippen molar-refractivity contribution in [3.05, 3.63) is 35.0 Å². The van der Waals surface area contributed by atoms with E-state index in [4.69, 9.17) is 21.4 Å². The molecule has 0 aliphatic carbocycles. The summed E-state index contributed by atoms with van der Waals surface area (Å²) >= 11 is 6.02. The van der Waals surface area contributed by atoms with Crippen molar-refractivity contribution in [2.75, 3.05) is 19.7 Å². The number of aliphatic carboxylic acids is 1. The first-order chi connectivity index (χ1) is 11.0. The fourth-order valence-corrected chi connectivity index (χ4v) is 3.01. The highest BCUT2D eigenvalue weighted by molar-refractivity contribution is 6.31. The highest BCUT2D eigenvalue weighted by Crippen LogP contribution is 2.23. The number of fused-ring (bicyclic) bond motifs is 1. The first-order valence-electron chi connectivity index (χ1n) is 7.39. The topological polar surface area (TPSA) is 82.6 Å². The molecule has 1 saturated heterocycles. The second-order valence-electron chi connectivity index (χ2n) is 5.61. The second kappa shape index (κ2) is 6.60. The van der Waals surface area contributed by atoms with Crippen LogP contribution < -0.4 is 0 Å². The normalized spacial score (nSPS) is 18.3. The number of aromatic nitrogens is 1. The number of aromatic amines is 1. The Bertz CT molecular complexity index is 743. The summed E-state index contributed by atoms with van der Waals surface area (Å²) in [5.74, 6) is -0.958. The largest absolute Gasteiger partial charge is 0.481 e. The van der Waals surface area contributed by atoms with Gasteiger partial charge in [-0.1, -0.05) is 11.6 Å². The molecule has 1 aliphatic rings. The molecule has 1 unspecified atom stereocenters. The Kier molecular flexibility index (Phi) is 4.54. The van der Waals surface area contributed by atoms with Gasteiger partial charge in [0.2, 0.25) is 5.91 Å². The molecule has 1 atom stereocenters. The van der Waals surface area contributed by atoms with Gasteiger partial charge in [-0.15, -0.1) is 0 Å². The predicted molar refractivity (Wildman–Crippen MR) is 85.6 cm³/mol. The molecule has 0 radical (unpaired) electrons. The Morgan fingerprint density at radius 2 is 2.26 bits per heavy atom. The zero-order chi connectivity index (χ0) is 16.4. The molecule has 3 rings (SSSR count). The second-order valence-corrected chi connectivity index (χ2v) is 6.05. The molecule has 1 amide bonds. The zero-order valence-electron chi connectivity index (χ0n) is 12.4. The van der Waals surface area contributed by atoms with Crippen molar-refractivity contribution < 1.29 is 19.4 Å². The average Bonchev–Trinajstić information content (AvgIpc) is 2.89. The van der Waals surface area contributed by atoms with Crippen molar-refractivity contribution in [3.63, 3.8) is 0 Å². The van der Waals surface area contributed by atoms with Crippen molar-refractivity contribution in [2.45, 2.75) is 18.9 Å². The van der Waals surface area contributed by atoms with Crippen LogP contribution in [-0.2, 0) is 20.7 Å². The summed E-state index contributed by atoms with van der Waals surface area (Å²) in [4.78, 5) is 28.1. The number of nitrogens with one attached hydrogen (secondary N) is 1. The van der Waals surface area contributed by atoms with Gasteiger partial charge >= 0.3 is 5.97 Å². The van der Waals surface area contributed by atoms with Gasteiger partial charge in [0.05, 0.1) is 25.6 Å². The summed E-state index contributed by atoms with van der Waals surface area (Å²) in [7, 11) is 0. The van der Waals surface area contributed by atoms with Crippen molar-refractivity contribution in [1.29, 1.82) is 0 Å². The van der Waals surface area contributed by atoms with Crippen LogP contribution in [-0.4, -0.2) is 52.7 Å². The van der Waals surface area contributed by atoms with Crippen molar-refractivity contribution in [3.8, 4) is 0 Å². The molecule has 0 bridgehead atoms. The van der Waals surface area contributed by atoms with E-state index in [0.29, 0.717) is 24.7 Å². The van der Waals surface area contributed by atoms with E-state index >= 15 is 0 Å². The Morgan fingerprint density at radius 1 is 1.43 bits per heavy atom. The van der Waals surface area contributed by atoms with E-state index < -0.39 is 12.1 Å². The number of amides is 1. The maximum absolute atomic E-state index is 12.5. The van der Waals surface area contributed by atoms with E-state index in [9.17, 15) is 9.59 Å². The molecule has 23 heavy (non-hydrogen) atoms. The fourth-order valence-electron chi connectivity index (χ4n) is 2.84. The lowest BCUT2D eigenvalue weighted by Crippen LogP contribution is -2.46. The molecule has 122 valence electrons. The molecule has 1 aromatic heterocycles. The van der Waals surface area contributed by atoms with Crippen LogP contribution in [0.1, 0.15) is 12.0 Å². The van der Waals surface area contributed by atoms with Crippen molar-refractivity contribution >= 4 is 34.4 Å². The average molecular weight is 337 g/mol. The Labute approximate surface area is 138 Å². The lowest BCUT2D eigenvalue weighted by Gasteiger charge is -2.32. The van der Waals surface area contributed by atoms with Gasteiger partial charge in [0.1, 0.15) is 0 Å². The van der Waals surface area contributed by atoms with Crippen LogP contribution in [0.15, 0.2) is 24.4 Å². The minimum Gasteiger partial charge on any atom is -0.481 e. The molecule has 0 saturated carbocycles. The maximum Gasteiger partial charge on any atom is 0.306 e. The van der Waals surface area contributed by atoms with E-state index in [2.05, 4.69) is 4.98 Å². The number of rotatable bonds is 4. The number of carboxylic acid groups (broad SMARTS) is 1. The molecule has 1 aliphatic heterocycles. The van der Waals surface area contributed by atoms with Crippen LogP contribution in [0.3, 0.4) is 0 Å². The summed E-state index contributed by atoms with van der Waals surface area (Å²) in [6, 6.07) is 5.51. The molecular weight excluding hydrogens is 320 g/mol. The standard InChI is InChI=1S/C16H17ClN2O4/c17-11-1-2-14-13(6-11)10(8-18-14)5-15(20)19-3-4-23-12(9-19)7-16(21)22/h1-2,6,8,12,18H,3-5,7,9H2,(H,21,22). The van der Waals surface area contributed by atoms with E-state index in [1.54, 1.807) is 11.0 Å². The van der Waals surface area contributed by atoms with Gasteiger partial charge < -0.3 is 19.7 Å². The van der Waals surface area contributed by atoms with Crippen molar-refractivity contribution in [2.24, 2.45) is 0 Å². The lowest BCUT2D eigenvalue weighted by atomic mass is 10.1. The van der Waals surface area contributed by atoms with Gasteiger partial charge in [-0.05, 0) is 23.8 Å². The molecule has 6 nitrogen and oxygen atoms in total. The van der Waals surface area contributed by atoms with Gasteiger partial charge in [-0.25, -0.2) is 0 Å². The van der Waals surface area contributed by atoms with Crippen LogP contribution >= 0.6 is 11.6 Å². The first-order valence-corrected chi connectivity index (χ1v) is 7.77. The Hall–Kier alpha value is -2.05. The Morgan fingerprint density at radius 3 is 3.04 bits per heavy atom. The van der Waals surface area contributed by atoms with Crippen LogP contribution in [0.4, 0.5) is 0 Å². The quantitative estimate of drug-likeness (QED) is 0.895. The summed E-state index contributed by atoms with van der Waals surface area (Å²) in [6.45, 7) is 1.16. The van der Waals surface area contributed by atoms with Crippen LogP contribution in [0.2, 0.25) is 5.02 Å². The fraction of sp³-hybridized carbons (Fsp3) is 0.375. The van der Waals surface area contributed by atoms with Crippen LogP contribution in [0.25, 0.3) is 10.9 Å². The van der Waals surface area contributed by atoms with Gasteiger partial charge in [-0.3, -0.25) is 9.59 Å². The molecule has 0 spiro atoms. The predicted octanol–water partition coefficient (Wildman–Crippen LogP) is 2.07. The van der Waals surface area contributed by atoms with E-state index in [-0.39, 0.29) is 18.7 Å². The number of carbonyl (C=O) groups is 2. The molecule has 1 aromatic carbocycles. The molecule has 2 aromatic rings. The number of halogens is 1. The number of hydrogen-bond donors (Lipinski definition) is 2. The SMILES string of the molecule is O=C(O)CC1CN(C(=O)Cc2c[nH]c3ccc(Cl)cc23)CCO1. The van der Waals surface area contributed by atoms with Gasteiger partial charge in [0, 0.05) is 35.2 Å². The zero-order valence-corrected chi connectivity index (χ0v) is 13.2. The van der Waals surface area contributed by atoms with E-state index in [0.717, 1.165) is 16.5 Å². The number of H-pyrrole nitrogens is 1. The molecule has 2 heterocycles. The van der Waals surface area contributed by atoms with E-state index in [1.807, 2.05) is 18.3 Å². The Balaban J connectivity index is 1.70. The molecule has 1 fully saturated rings. The third-order valence-corrected chi connectivity index (χ3v) is 4.20. The van der Waals surface area contributed by atoms with Gasteiger partial charge in [-0.2, -0.15) is 0 Å². The smallest absolute Gasteiger partial charge is 0.306 e. The first kappa shape index (κ1) is 15.8. The maximum atomic E-state index is 12.5. The highest BCUT2D eigenvalue weighted by Gasteiger charge is 2.26. The summed E-state index contributed by atoms with van der Waals surface area (Å²) < 4.78 is 5.39. The third-order valence-electron chi connectivity index (χ3n) is 3.96. The van der Waals surface area contributed by atoms with Crippen LogP contribution in [0, 0.1) is 0 Å². The number of nitrogens with zero attached hydrogens (tertiary/aromatic N) is 1.